The fourth-order valence-electron chi connectivity index (χ4n) is 3.56. The molecule has 0 atom stereocenters. The van der Waals surface area contributed by atoms with Gasteiger partial charge in [0.1, 0.15) is 0 Å². The summed E-state index contributed by atoms with van der Waals surface area (Å²) < 4.78 is 2.55. The smallest absolute Gasteiger partial charge is 0.283 e. The van der Waals surface area contributed by atoms with Gasteiger partial charge in [0.2, 0.25) is 5.13 Å². The monoisotopic (exact) mass is 458 g/mol. The molecule has 32 heavy (non-hydrogen) atoms. The third-order valence-electron chi connectivity index (χ3n) is 5.20. The molecule has 0 aliphatic rings. The third kappa shape index (κ3) is 3.90. The quantitative estimate of drug-likeness (QED) is 0.323. The molecule has 0 aliphatic heterocycles. The summed E-state index contributed by atoms with van der Waals surface area (Å²) in [6.45, 7) is 2.33. The first kappa shape index (κ1) is 20.4. The number of aliphatic imine (C=N–C) groups is 1. The maximum atomic E-state index is 13.5. The maximum absolute atomic E-state index is 13.5. The van der Waals surface area contributed by atoms with E-state index in [1.165, 1.54) is 16.0 Å². The Hall–Kier alpha value is -3.48. The number of hydrogen-bond acceptors (Lipinski definition) is 4. The van der Waals surface area contributed by atoms with Crippen molar-refractivity contribution in [1.82, 2.24) is 14.8 Å². The molecule has 0 aliphatic carbocycles. The molecule has 0 unspecified atom stereocenters. The molecule has 158 valence electrons. The second-order valence-corrected chi connectivity index (χ2v) is 8.81. The zero-order valence-corrected chi connectivity index (χ0v) is 18.8. The van der Waals surface area contributed by atoms with E-state index in [2.05, 4.69) is 10.1 Å². The molecule has 3 aromatic carbocycles. The second kappa shape index (κ2) is 8.57. The van der Waals surface area contributed by atoms with E-state index >= 15 is 0 Å². The van der Waals surface area contributed by atoms with Gasteiger partial charge in [-0.1, -0.05) is 77.5 Å². The normalized spacial score (nSPS) is 11.9. The van der Waals surface area contributed by atoms with E-state index in [4.69, 9.17) is 16.6 Å². The van der Waals surface area contributed by atoms with Crippen LogP contribution in [0, 0.1) is 0 Å². The van der Waals surface area contributed by atoms with Crippen LogP contribution in [-0.4, -0.2) is 20.5 Å². The van der Waals surface area contributed by atoms with Gasteiger partial charge in [0.15, 0.2) is 0 Å². The van der Waals surface area contributed by atoms with Crippen molar-refractivity contribution in [1.29, 1.82) is 0 Å². The van der Waals surface area contributed by atoms with Crippen molar-refractivity contribution in [2.45, 2.75) is 13.5 Å². The van der Waals surface area contributed by atoms with Gasteiger partial charge in [-0.2, -0.15) is 4.68 Å². The number of rotatable bonds is 5. The topological polar surface area (TPSA) is 63.0 Å². The van der Waals surface area contributed by atoms with Crippen LogP contribution in [0.2, 0.25) is 5.02 Å². The first-order valence-electron chi connectivity index (χ1n) is 10.1. The van der Waals surface area contributed by atoms with Crippen molar-refractivity contribution in [2.24, 2.45) is 4.99 Å². The minimum atomic E-state index is -0.166. The molecule has 0 radical (unpaired) electrons. The molecule has 5 nitrogen and oxygen atoms in total. The summed E-state index contributed by atoms with van der Waals surface area (Å²) in [5.74, 6) is 0. The zero-order chi connectivity index (χ0) is 22.1. The first-order valence-corrected chi connectivity index (χ1v) is 11.3. The van der Waals surface area contributed by atoms with Crippen molar-refractivity contribution < 1.29 is 0 Å². The van der Waals surface area contributed by atoms with Gasteiger partial charge in [-0.25, -0.2) is 4.98 Å². The fourth-order valence-corrected chi connectivity index (χ4v) is 4.61. The largest absolute Gasteiger partial charge is 0.288 e. The number of hydrogen-bond donors (Lipinski definition) is 1. The number of aromatic amines is 1. The summed E-state index contributed by atoms with van der Waals surface area (Å²) in [5.41, 5.74) is 4.58. The van der Waals surface area contributed by atoms with Crippen molar-refractivity contribution in [3.8, 4) is 16.4 Å². The summed E-state index contributed by atoms with van der Waals surface area (Å²) in [7, 11) is 0. The highest BCUT2D eigenvalue weighted by atomic mass is 35.5. The van der Waals surface area contributed by atoms with Crippen LogP contribution in [0.3, 0.4) is 0 Å². The highest BCUT2D eigenvalue weighted by Gasteiger charge is 2.20. The number of thiazole rings is 1. The predicted octanol–water partition coefficient (Wildman–Crippen LogP) is 6.10. The molecule has 0 spiro atoms. The Morgan fingerprint density at radius 2 is 1.75 bits per heavy atom. The van der Waals surface area contributed by atoms with Crippen LogP contribution in [0.1, 0.15) is 18.1 Å². The number of aromatic nitrogens is 3. The molecule has 2 aromatic heterocycles. The lowest BCUT2D eigenvalue weighted by molar-refractivity contribution is 0.845. The number of halogens is 1. The molecular formula is C25H19ClN4OS. The van der Waals surface area contributed by atoms with E-state index in [9.17, 15) is 4.79 Å². The summed E-state index contributed by atoms with van der Waals surface area (Å²) in [6, 6.07) is 25.2. The van der Waals surface area contributed by atoms with Gasteiger partial charge in [-0.05, 0) is 36.8 Å². The van der Waals surface area contributed by atoms with Gasteiger partial charge >= 0.3 is 0 Å². The lowest BCUT2D eigenvalue weighted by Crippen LogP contribution is -2.19. The van der Waals surface area contributed by atoms with E-state index in [1.807, 2.05) is 85.8 Å². The Morgan fingerprint density at radius 3 is 2.50 bits per heavy atom. The van der Waals surface area contributed by atoms with Crippen LogP contribution < -0.4 is 5.56 Å². The summed E-state index contributed by atoms with van der Waals surface area (Å²) >= 11 is 7.45. The second-order valence-electron chi connectivity index (χ2n) is 7.36. The Bertz CT molecular complexity index is 1450. The minimum Gasteiger partial charge on any atom is -0.288 e. The van der Waals surface area contributed by atoms with E-state index in [-0.39, 0.29) is 5.56 Å². The maximum Gasteiger partial charge on any atom is 0.283 e. The predicted molar refractivity (Wildman–Crippen MR) is 132 cm³/mol. The van der Waals surface area contributed by atoms with Crippen LogP contribution in [0.5, 0.6) is 0 Å². The molecule has 2 heterocycles. The highest BCUT2D eigenvalue weighted by Crippen LogP contribution is 2.26. The molecule has 7 heteroatoms. The Balaban J connectivity index is 1.62. The summed E-state index contributed by atoms with van der Waals surface area (Å²) in [5, 5.41) is 4.57. The summed E-state index contributed by atoms with van der Waals surface area (Å²) in [4.78, 5) is 22.9. The average Bonchev–Trinajstić information content (AvgIpc) is 3.40. The molecule has 0 saturated heterocycles. The number of para-hydroxylation sites is 1. The van der Waals surface area contributed by atoms with E-state index < -0.39 is 0 Å². The molecule has 1 N–H and O–H groups in total. The van der Waals surface area contributed by atoms with E-state index in [0.29, 0.717) is 28.0 Å². The van der Waals surface area contributed by atoms with Crippen LogP contribution in [0.15, 0.2) is 88.6 Å². The Kier molecular flexibility index (Phi) is 5.47. The van der Waals surface area contributed by atoms with Gasteiger partial charge in [0, 0.05) is 16.3 Å². The SMILES string of the molecule is CC(=NCc1ccc(Cl)cc1)c1c(-c2ccccc2)[nH]n(-c2nc3ccccc3s2)c1=O. The zero-order valence-electron chi connectivity index (χ0n) is 17.2. The first-order chi connectivity index (χ1) is 15.6. The number of H-pyrrole nitrogens is 1. The number of fused-ring (bicyclic) bond motifs is 1. The van der Waals surface area contributed by atoms with Crippen molar-refractivity contribution in [2.75, 3.05) is 0 Å². The molecular weight excluding hydrogens is 440 g/mol. The van der Waals surface area contributed by atoms with Crippen LogP contribution in [-0.2, 0) is 6.54 Å². The van der Waals surface area contributed by atoms with Gasteiger partial charge in [0.25, 0.3) is 5.56 Å². The van der Waals surface area contributed by atoms with Crippen LogP contribution in [0.4, 0.5) is 0 Å². The number of nitrogens with zero attached hydrogens (tertiary/aromatic N) is 3. The minimum absolute atomic E-state index is 0.166. The molecule has 0 fully saturated rings. The van der Waals surface area contributed by atoms with Crippen LogP contribution in [0.25, 0.3) is 26.6 Å². The third-order valence-corrected chi connectivity index (χ3v) is 6.47. The lowest BCUT2D eigenvalue weighted by atomic mass is 10.1. The van der Waals surface area contributed by atoms with Crippen molar-refractivity contribution in [3.63, 3.8) is 0 Å². The Labute approximate surface area is 193 Å². The standard InChI is InChI=1S/C25H19ClN4OS/c1-16(27-15-17-11-13-19(26)14-12-17)22-23(18-7-3-2-4-8-18)29-30(24(22)31)25-28-20-9-5-6-10-21(20)32-25/h2-14,29H,15H2,1H3. The average molecular weight is 459 g/mol. The number of benzene rings is 3. The molecule has 0 bridgehead atoms. The molecule has 0 amide bonds. The Morgan fingerprint density at radius 1 is 1.03 bits per heavy atom. The lowest BCUT2D eigenvalue weighted by Gasteiger charge is -2.03. The van der Waals surface area contributed by atoms with Gasteiger partial charge in [-0.3, -0.25) is 14.9 Å². The van der Waals surface area contributed by atoms with Gasteiger partial charge < -0.3 is 0 Å². The van der Waals surface area contributed by atoms with Gasteiger partial charge in [0.05, 0.1) is 28.0 Å². The highest BCUT2D eigenvalue weighted by molar-refractivity contribution is 7.20. The molecule has 5 rings (SSSR count). The molecule has 0 saturated carbocycles. The van der Waals surface area contributed by atoms with Crippen LogP contribution >= 0.6 is 22.9 Å². The fraction of sp³-hybridized carbons (Fsp3) is 0.0800. The summed E-state index contributed by atoms with van der Waals surface area (Å²) in [6.07, 6.45) is 0. The van der Waals surface area contributed by atoms with Crippen molar-refractivity contribution >= 4 is 38.9 Å². The van der Waals surface area contributed by atoms with Crippen molar-refractivity contribution in [3.05, 3.63) is 105 Å². The molecule has 5 aromatic rings. The van der Waals surface area contributed by atoms with E-state index in [1.54, 1.807) is 0 Å². The van der Waals surface area contributed by atoms with Gasteiger partial charge in [-0.15, -0.1) is 0 Å². The van der Waals surface area contributed by atoms with E-state index in [0.717, 1.165) is 27.0 Å². The number of nitrogens with one attached hydrogen (secondary N) is 1.